The molecule has 0 radical (unpaired) electrons. The summed E-state index contributed by atoms with van der Waals surface area (Å²) in [7, 11) is 0. The van der Waals surface area contributed by atoms with E-state index in [2.05, 4.69) is 23.5 Å². The van der Waals surface area contributed by atoms with Gasteiger partial charge in [-0.05, 0) is 49.9 Å². The standard InChI is InChI=1S/C15H21NO2/c1-12(17)4-2-8-16-11-13-6-7-15-14(10-13)5-3-9-18-15/h6-7,10,16H,2-5,8-9,11H2,1H3. The van der Waals surface area contributed by atoms with Gasteiger partial charge in [0.25, 0.3) is 0 Å². The van der Waals surface area contributed by atoms with Crippen LogP contribution in [0.2, 0.25) is 0 Å². The fourth-order valence-corrected chi connectivity index (χ4v) is 2.22. The number of Topliss-reactive ketones (excluding diaryl/α,β-unsaturated/α-hetero) is 1. The zero-order valence-electron chi connectivity index (χ0n) is 11.0. The number of hydrogen-bond acceptors (Lipinski definition) is 3. The first-order valence-electron chi connectivity index (χ1n) is 6.70. The van der Waals surface area contributed by atoms with Gasteiger partial charge in [0.1, 0.15) is 11.5 Å². The quantitative estimate of drug-likeness (QED) is 0.785. The zero-order valence-corrected chi connectivity index (χ0v) is 11.0. The van der Waals surface area contributed by atoms with Gasteiger partial charge < -0.3 is 14.8 Å². The topological polar surface area (TPSA) is 38.3 Å². The van der Waals surface area contributed by atoms with E-state index in [-0.39, 0.29) is 5.78 Å². The van der Waals surface area contributed by atoms with Crippen molar-refractivity contribution in [3.05, 3.63) is 29.3 Å². The average molecular weight is 247 g/mol. The second-order valence-corrected chi connectivity index (χ2v) is 4.88. The molecule has 0 aliphatic carbocycles. The van der Waals surface area contributed by atoms with Crippen molar-refractivity contribution >= 4 is 5.78 Å². The summed E-state index contributed by atoms with van der Waals surface area (Å²) in [6.45, 7) is 4.25. The second kappa shape index (κ2) is 6.55. The van der Waals surface area contributed by atoms with Crippen LogP contribution >= 0.6 is 0 Å². The van der Waals surface area contributed by atoms with Crippen molar-refractivity contribution in [3.8, 4) is 5.75 Å². The molecule has 1 aliphatic rings. The van der Waals surface area contributed by atoms with Gasteiger partial charge in [-0.1, -0.05) is 12.1 Å². The van der Waals surface area contributed by atoms with Crippen LogP contribution in [0.25, 0.3) is 0 Å². The molecule has 2 rings (SSSR count). The molecular formula is C15H21NO2. The Morgan fingerprint density at radius 2 is 2.33 bits per heavy atom. The Kier molecular flexibility index (Phi) is 4.76. The van der Waals surface area contributed by atoms with E-state index < -0.39 is 0 Å². The van der Waals surface area contributed by atoms with Crippen LogP contribution in [0.3, 0.4) is 0 Å². The van der Waals surface area contributed by atoms with E-state index in [1.165, 1.54) is 11.1 Å². The summed E-state index contributed by atoms with van der Waals surface area (Å²) >= 11 is 0. The van der Waals surface area contributed by atoms with E-state index in [4.69, 9.17) is 4.74 Å². The van der Waals surface area contributed by atoms with Gasteiger partial charge in [-0.25, -0.2) is 0 Å². The van der Waals surface area contributed by atoms with Gasteiger partial charge in [0.05, 0.1) is 6.61 Å². The second-order valence-electron chi connectivity index (χ2n) is 4.88. The highest BCUT2D eigenvalue weighted by atomic mass is 16.5. The van der Waals surface area contributed by atoms with Crippen LogP contribution in [-0.4, -0.2) is 18.9 Å². The molecule has 98 valence electrons. The molecule has 3 heteroatoms. The first-order chi connectivity index (χ1) is 8.75. The lowest BCUT2D eigenvalue weighted by Gasteiger charge is -2.18. The van der Waals surface area contributed by atoms with E-state index >= 15 is 0 Å². The third-order valence-electron chi connectivity index (χ3n) is 3.18. The van der Waals surface area contributed by atoms with Gasteiger partial charge in [-0.3, -0.25) is 0 Å². The number of carbonyl (C=O) groups excluding carboxylic acids is 1. The van der Waals surface area contributed by atoms with Crippen LogP contribution in [0.1, 0.15) is 37.3 Å². The number of nitrogens with one attached hydrogen (secondary N) is 1. The third-order valence-corrected chi connectivity index (χ3v) is 3.18. The Morgan fingerprint density at radius 1 is 1.44 bits per heavy atom. The van der Waals surface area contributed by atoms with Crippen molar-refractivity contribution < 1.29 is 9.53 Å². The molecule has 0 fully saturated rings. The molecule has 3 nitrogen and oxygen atoms in total. The normalized spacial score (nSPS) is 13.8. The molecule has 18 heavy (non-hydrogen) atoms. The van der Waals surface area contributed by atoms with Gasteiger partial charge in [-0.15, -0.1) is 0 Å². The summed E-state index contributed by atoms with van der Waals surface area (Å²) in [6, 6.07) is 6.41. The molecule has 0 amide bonds. The van der Waals surface area contributed by atoms with Gasteiger partial charge in [-0.2, -0.15) is 0 Å². The van der Waals surface area contributed by atoms with Crippen LogP contribution in [0.5, 0.6) is 5.75 Å². The Balaban J connectivity index is 1.77. The molecule has 0 saturated heterocycles. The van der Waals surface area contributed by atoms with Gasteiger partial charge in [0.15, 0.2) is 0 Å². The van der Waals surface area contributed by atoms with Crippen molar-refractivity contribution in [2.45, 2.75) is 39.2 Å². The highest BCUT2D eigenvalue weighted by molar-refractivity contribution is 5.75. The summed E-state index contributed by atoms with van der Waals surface area (Å²) in [5.41, 5.74) is 2.62. The Morgan fingerprint density at radius 3 is 3.17 bits per heavy atom. The molecular weight excluding hydrogens is 226 g/mol. The lowest BCUT2D eigenvalue weighted by atomic mass is 10.0. The molecule has 0 atom stereocenters. The molecule has 0 unspecified atom stereocenters. The van der Waals surface area contributed by atoms with Crippen LogP contribution in [0, 0.1) is 0 Å². The minimum atomic E-state index is 0.266. The molecule has 1 N–H and O–H groups in total. The predicted octanol–water partition coefficient (Wildman–Crippen LogP) is 2.47. The van der Waals surface area contributed by atoms with Crippen molar-refractivity contribution in [3.63, 3.8) is 0 Å². The molecule has 0 saturated carbocycles. The van der Waals surface area contributed by atoms with Crippen molar-refractivity contribution in [2.24, 2.45) is 0 Å². The number of hydrogen-bond donors (Lipinski definition) is 1. The van der Waals surface area contributed by atoms with Crippen LogP contribution in [-0.2, 0) is 17.8 Å². The fourth-order valence-electron chi connectivity index (χ4n) is 2.22. The molecule has 1 heterocycles. The van der Waals surface area contributed by atoms with Crippen LogP contribution < -0.4 is 10.1 Å². The molecule has 0 bridgehead atoms. The predicted molar refractivity (Wildman–Crippen MR) is 71.9 cm³/mol. The van der Waals surface area contributed by atoms with Crippen molar-refractivity contribution in [1.82, 2.24) is 5.32 Å². The van der Waals surface area contributed by atoms with E-state index in [9.17, 15) is 4.79 Å². The largest absolute Gasteiger partial charge is 0.493 e. The maximum Gasteiger partial charge on any atom is 0.129 e. The smallest absolute Gasteiger partial charge is 0.129 e. The van der Waals surface area contributed by atoms with Gasteiger partial charge in [0.2, 0.25) is 0 Å². The number of rotatable bonds is 6. The SMILES string of the molecule is CC(=O)CCCNCc1ccc2c(c1)CCCO2. The Labute approximate surface area is 109 Å². The van der Waals surface area contributed by atoms with E-state index in [0.717, 1.165) is 44.7 Å². The monoisotopic (exact) mass is 247 g/mol. The minimum absolute atomic E-state index is 0.266. The van der Waals surface area contributed by atoms with E-state index in [0.29, 0.717) is 6.42 Å². The maximum atomic E-state index is 10.8. The number of benzene rings is 1. The van der Waals surface area contributed by atoms with Crippen LogP contribution in [0.15, 0.2) is 18.2 Å². The first kappa shape index (κ1) is 13.1. The summed E-state index contributed by atoms with van der Waals surface area (Å²) < 4.78 is 5.59. The lowest BCUT2D eigenvalue weighted by molar-refractivity contribution is -0.117. The first-order valence-corrected chi connectivity index (χ1v) is 6.70. The molecule has 0 spiro atoms. The number of carbonyl (C=O) groups is 1. The lowest BCUT2D eigenvalue weighted by Crippen LogP contribution is -2.16. The summed E-state index contributed by atoms with van der Waals surface area (Å²) in [5.74, 6) is 1.31. The van der Waals surface area contributed by atoms with Gasteiger partial charge >= 0.3 is 0 Å². The summed E-state index contributed by atoms with van der Waals surface area (Å²) in [6.07, 6.45) is 3.82. The Hall–Kier alpha value is -1.35. The fraction of sp³-hybridized carbons (Fsp3) is 0.533. The summed E-state index contributed by atoms with van der Waals surface area (Å²) in [4.78, 5) is 10.8. The number of ether oxygens (including phenoxy) is 1. The third kappa shape index (κ3) is 3.84. The van der Waals surface area contributed by atoms with E-state index in [1.807, 2.05) is 0 Å². The molecule has 1 aromatic carbocycles. The van der Waals surface area contributed by atoms with Gasteiger partial charge in [0, 0.05) is 13.0 Å². The highest BCUT2D eigenvalue weighted by Gasteiger charge is 2.10. The van der Waals surface area contributed by atoms with Crippen molar-refractivity contribution in [1.29, 1.82) is 0 Å². The molecule has 1 aromatic rings. The Bertz CT molecular complexity index is 415. The average Bonchev–Trinajstić information content (AvgIpc) is 2.38. The van der Waals surface area contributed by atoms with Crippen LogP contribution in [0.4, 0.5) is 0 Å². The molecule has 0 aromatic heterocycles. The maximum absolute atomic E-state index is 10.8. The van der Waals surface area contributed by atoms with Crippen molar-refractivity contribution in [2.75, 3.05) is 13.2 Å². The molecule has 1 aliphatic heterocycles. The minimum Gasteiger partial charge on any atom is -0.493 e. The van der Waals surface area contributed by atoms with E-state index in [1.54, 1.807) is 6.92 Å². The highest BCUT2D eigenvalue weighted by Crippen LogP contribution is 2.25. The zero-order chi connectivity index (χ0) is 12.8. The summed E-state index contributed by atoms with van der Waals surface area (Å²) in [5, 5.41) is 3.37. The number of aryl methyl sites for hydroxylation is 1. The number of ketones is 1. The number of fused-ring (bicyclic) bond motifs is 1.